The highest BCUT2D eigenvalue weighted by Gasteiger charge is 2.71. The van der Waals surface area contributed by atoms with Crippen LogP contribution < -0.4 is 5.73 Å². The summed E-state index contributed by atoms with van der Waals surface area (Å²) >= 11 is 0. The van der Waals surface area contributed by atoms with Crippen LogP contribution in [-0.4, -0.2) is 19.0 Å². The van der Waals surface area contributed by atoms with Crippen molar-refractivity contribution in [3.05, 3.63) is 12.2 Å². The van der Waals surface area contributed by atoms with E-state index in [0.29, 0.717) is 19.3 Å². The van der Waals surface area contributed by atoms with E-state index in [0.717, 1.165) is 5.57 Å². The number of esters is 1. The Morgan fingerprint density at radius 2 is 1.94 bits per heavy atom. The van der Waals surface area contributed by atoms with Crippen molar-refractivity contribution in [2.24, 2.45) is 22.0 Å². The second-order valence-electron chi connectivity index (χ2n) is 5.80. The molecule has 2 bridgehead atoms. The first-order valence-corrected chi connectivity index (χ1v) is 5.83. The second-order valence-corrected chi connectivity index (χ2v) is 5.80. The van der Waals surface area contributed by atoms with E-state index >= 15 is 0 Å². The van der Waals surface area contributed by atoms with E-state index in [2.05, 4.69) is 6.58 Å². The first-order valence-electron chi connectivity index (χ1n) is 5.83. The van der Waals surface area contributed by atoms with Gasteiger partial charge < -0.3 is 10.5 Å². The Labute approximate surface area is 101 Å². The lowest BCUT2D eigenvalue weighted by Crippen LogP contribution is -2.43. The van der Waals surface area contributed by atoms with Crippen molar-refractivity contribution in [1.82, 2.24) is 0 Å². The zero-order chi connectivity index (χ0) is 13.1. The Balaban J connectivity index is 2.57. The summed E-state index contributed by atoms with van der Waals surface area (Å²) in [5.74, 6) is -0.608. The molecule has 0 aromatic heterocycles. The minimum Gasteiger partial charge on any atom is -0.469 e. The van der Waals surface area contributed by atoms with Gasteiger partial charge in [-0.05, 0) is 19.3 Å². The highest BCUT2D eigenvalue weighted by molar-refractivity contribution is 5.91. The van der Waals surface area contributed by atoms with Crippen LogP contribution >= 0.6 is 0 Å². The molecular formula is C13H19NO3. The lowest BCUT2D eigenvalue weighted by molar-refractivity contribution is -0.157. The summed E-state index contributed by atoms with van der Waals surface area (Å²) in [5, 5.41) is 0. The lowest BCUT2D eigenvalue weighted by Gasteiger charge is -2.42. The summed E-state index contributed by atoms with van der Waals surface area (Å²) in [4.78, 5) is 23.8. The number of fused-ring (bicyclic) bond motifs is 2. The maximum atomic E-state index is 12.1. The first-order chi connectivity index (χ1) is 7.74. The highest BCUT2D eigenvalue weighted by Crippen LogP contribution is 2.72. The third-order valence-electron chi connectivity index (χ3n) is 5.16. The van der Waals surface area contributed by atoms with Gasteiger partial charge in [-0.15, -0.1) is 0 Å². The number of primary amides is 1. The number of hydrogen-bond acceptors (Lipinski definition) is 3. The summed E-state index contributed by atoms with van der Waals surface area (Å²) < 4.78 is 4.93. The van der Waals surface area contributed by atoms with Crippen LogP contribution in [0.2, 0.25) is 0 Å². The van der Waals surface area contributed by atoms with Crippen LogP contribution in [0.4, 0.5) is 0 Å². The van der Waals surface area contributed by atoms with Gasteiger partial charge in [0.2, 0.25) is 5.91 Å². The molecule has 0 unspecified atom stereocenters. The van der Waals surface area contributed by atoms with Crippen molar-refractivity contribution in [3.8, 4) is 0 Å². The normalized spacial score (nSPS) is 38.2. The van der Waals surface area contributed by atoms with Crippen LogP contribution in [0.1, 0.15) is 33.1 Å². The molecule has 0 saturated heterocycles. The van der Waals surface area contributed by atoms with Crippen LogP contribution in [-0.2, 0) is 14.3 Å². The summed E-state index contributed by atoms with van der Waals surface area (Å²) in [6.07, 6.45) is 1.71. The van der Waals surface area contributed by atoms with E-state index < -0.39 is 16.2 Å². The molecule has 1 amide bonds. The van der Waals surface area contributed by atoms with Gasteiger partial charge in [-0.25, -0.2) is 0 Å². The molecule has 2 N–H and O–H groups in total. The standard InChI is InChI=1S/C13H19NO3/c1-8-11(2,3)13(10(16)17-4)6-5-12(8,7-13)9(14)15/h1,5-7H2,2-4H3,(H2,14,15)/t12-,13-/m1/s1. The molecule has 2 fully saturated rings. The minimum atomic E-state index is -0.711. The molecule has 2 saturated carbocycles. The van der Waals surface area contributed by atoms with Gasteiger partial charge in [0.25, 0.3) is 0 Å². The first kappa shape index (κ1) is 12.1. The van der Waals surface area contributed by atoms with Gasteiger partial charge in [-0.3, -0.25) is 9.59 Å². The Hall–Kier alpha value is -1.32. The predicted molar refractivity (Wildman–Crippen MR) is 62.8 cm³/mol. The smallest absolute Gasteiger partial charge is 0.312 e. The summed E-state index contributed by atoms with van der Waals surface area (Å²) in [7, 11) is 1.39. The Bertz CT molecular complexity index is 426. The fraction of sp³-hybridized carbons (Fsp3) is 0.692. The third-order valence-corrected chi connectivity index (χ3v) is 5.16. The second kappa shape index (κ2) is 3.12. The molecule has 0 heterocycles. The van der Waals surface area contributed by atoms with Gasteiger partial charge in [-0.1, -0.05) is 26.0 Å². The number of carbonyl (C=O) groups excluding carboxylic acids is 2. The fourth-order valence-corrected chi connectivity index (χ4v) is 3.78. The number of nitrogens with two attached hydrogens (primary N) is 1. The van der Waals surface area contributed by atoms with Crippen molar-refractivity contribution in [3.63, 3.8) is 0 Å². The number of ether oxygens (including phenoxy) is 1. The van der Waals surface area contributed by atoms with Gasteiger partial charge in [0.05, 0.1) is 17.9 Å². The summed E-state index contributed by atoms with van der Waals surface area (Å²) in [5.41, 5.74) is 4.54. The number of hydrogen-bond donors (Lipinski definition) is 1. The fourth-order valence-electron chi connectivity index (χ4n) is 3.78. The molecule has 0 aliphatic heterocycles. The molecule has 2 rings (SSSR count). The predicted octanol–water partition coefficient (Wildman–Crippen LogP) is 1.40. The van der Waals surface area contributed by atoms with Crippen LogP contribution in [0.5, 0.6) is 0 Å². The molecule has 0 spiro atoms. The van der Waals surface area contributed by atoms with Crippen molar-refractivity contribution in [2.75, 3.05) is 7.11 Å². The SMILES string of the molecule is C=C1C(C)(C)[C@]2(C(=O)OC)CC[C@@]1(C(N)=O)C2. The maximum absolute atomic E-state index is 12.1. The third kappa shape index (κ3) is 1.08. The minimum absolute atomic E-state index is 0.246. The average molecular weight is 237 g/mol. The van der Waals surface area contributed by atoms with Crippen LogP contribution in [0.15, 0.2) is 12.2 Å². The van der Waals surface area contributed by atoms with Gasteiger partial charge in [0, 0.05) is 5.41 Å². The zero-order valence-corrected chi connectivity index (χ0v) is 10.6. The highest BCUT2D eigenvalue weighted by atomic mass is 16.5. The number of carbonyl (C=O) groups is 2. The molecule has 94 valence electrons. The molecule has 4 nitrogen and oxygen atoms in total. The molecule has 0 aromatic rings. The van der Waals surface area contributed by atoms with Gasteiger partial charge in [0.15, 0.2) is 0 Å². The average Bonchev–Trinajstić information content (AvgIpc) is 2.75. The Morgan fingerprint density at radius 1 is 1.35 bits per heavy atom. The molecule has 0 aromatic carbocycles. The van der Waals surface area contributed by atoms with E-state index in [4.69, 9.17) is 10.5 Å². The van der Waals surface area contributed by atoms with Crippen LogP contribution in [0.25, 0.3) is 0 Å². The largest absolute Gasteiger partial charge is 0.469 e. The molecular weight excluding hydrogens is 218 g/mol. The quantitative estimate of drug-likeness (QED) is 0.583. The lowest BCUT2D eigenvalue weighted by atomic mass is 9.61. The molecule has 4 heteroatoms. The zero-order valence-electron chi connectivity index (χ0n) is 10.6. The van der Waals surface area contributed by atoms with Crippen LogP contribution in [0, 0.1) is 16.2 Å². The Kier molecular flexibility index (Phi) is 2.23. The van der Waals surface area contributed by atoms with E-state index in [-0.39, 0.29) is 11.9 Å². The van der Waals surface area contributed by atoms with Gasteiger partial charge in [-0.2, -0.15) is 0 Å². The molecule has 17 heavy (non-hydrogen) atoms. The van der Waals surface area contributed by atoms with Gasteiger partial charge in [0.1, 0.15) is 0 Å². The molecule has 0 radical (unpaired) electrons. The Morgan fingerprint density at radius 3 is 2.35 bits per heavy atom. The van der Waals surface area contributed by atoms with Crippen LogP contribution in [0.3, 0.4) is 0 Å². The molecule has 2 atom stereocenters. The van der Waals surface area contributed by atoms with Crippen molar-refractivity contribution >= 4 is 11.9 Å². The topological polar surface area (TPSA) is 69.4 Å². The molecule has 2 aliphatic carbocycles. The van der Waals surface area contributed by atoms with Gasteiger partial charge >= 0.3 is 5.97 Å². The van der Waals surface area contributed by atoms with Crippen molar-refractivity contribution < 1.29 is 14.3 Å². The summed E-state index contributed by atoms with van der Waals surface area (Å²) in [6.45, 7) is 7.95. The monoisotopic (exact) mass is 237 g/mol. The molecule has 2 aliphatic rings. The van der Waals surface area contributed by atoms with Crippen molar-refractivity contribution in [1.29, 1.82) is 0 Å². The number of rotatable bonds is 2. The van der Waals surface area contributed by atoms with E-state index in [1.807, 2.05) is 13.8 Å². The number of methoxy groups -OCH3 is 1. The maximum Gasteiger partial charge on any atom is 0.312 e. The van der Waals surface area contributed by atoms with E-state index in [1.54, 1.807) is 0 Å². The van der Waals surface area contributed by atoms with E-state index in [1.165, 1.54) is 7.11 Å². The number of amides is 1. The summed E-state index contributed by atoms with van der Waals surface area (Å²) in [6, 6.07) is 0. The van der Waals surface area contributed by atoms with Crippen molar-refractivity contribution in [2.45, 2.75) is 33.1 Å². The van der Waals surface area contributed by atoms with E-state index in [9.17, 15) is 9.59 Å².